The third-order valence-electron chi connectivity index (χ3n) is 4.26. The number of nitrogens with zero attached hydrogens (tertiary/aromatic N) is 1. The van der Waals surface area contributed by atoms with E-state index in [-0.39, 0.29) is 0 Å². The van der Waals surface area contributed by atoms with Crippen molar-refractivity contribution in [3.8, 4) is 0 Å². The van der Waals surface area contributed by atoms with E-state index in [4.69, 9.17) is 5.73 Å². The number of nitrogens with one attached hydrogen (secondary N) is 1. The molecule has 3 heteroatoms. The second-order valence-corrected chi connectivity index (χ2v) is 6.09. The Morgan fingerprint density at radius 3 is 2.59 bits per heavy atom. The largest absolute Gasteiger partial charge is 0.329 e. The highest BCUT2D eigenvalue weighted by atomic mass is 15.2. The van der Waals surface area contributed by atoms with Gasteiger partial charge in [-0.15, -0.1) is 0 Å². The second-order valence-electron chi connectivity index (χ2n) is 6.09. The number of hydrogen-bond donors (Lipinski definition) is 2. The summed E-state index contributed by atoms with van der Waals surface area (Å²) in [6, 6.07) is 1.49. The van der Waals surface area contributed by atoms with Gasteiger partial charge in [0.1, 0.15) is 0 Å². The number of likely N-dealkylation sites (tertiary alicyclic amines) is 1. The Kier molecular flexibility index (Phi) is 5.26. The summed E-state index contributed by atoms with van der Waals surface area (Å²) < 4.78 is 0. The van der Waals surface area contributed by atoms with Gasteiger partial charge in [0.2, 0.25) is 0 Å². The van der Waals surface area contributed by atoms with Crippen LogP contribution in [-0.4, -0.2) is 43.2 Å². The molecule has 0 aromatic heterocycles. The van der Waals surface area contributed by atoms with Crippen LogP contribution in [0.2, 0.25) is 0 Å². The van der Waals surface area contributed by atoms with Crippen molar-refractivity contribution in [2.75, 3.05) is 26.2 Å². The molecule has 2 fully saturated rings. The van der Waals surface area contributed by atoms with Crippen molar-refractivity contribution in [2.45, 2.75) is 57.5 Å². The molecule has 1 saturated carbocycles. The lowest BCUT2D eigenvalue weighted by atomic mass is 9.91. The smallest absolute Gasteiger partial charge is 0.0200 e. The maximum absolute atomic E-state index is 5.67. The molecular formula is C14H29N3. The fourth-order valence-electron chi connectivity index (χ4n) is 3.55. The first-order valence-electron chi connectivity index (χ1n) is 7.46. The van der Waals surface area contributed by atoms with Crippen LogP contribution >= 0.6 is 0 Å². The van der Waals surface area contributed by atoms with E-state index in [2.05, 4.69) is 17.1 Å². The summed E-state index contributed by atoms with van der Waals surface area (Å²) in [5.74, 6) is 0.816. The van der Waals surface area contributed by atoms with Crippen molar-refractivity contribution in [2.24, 2.45) is 11.7 Å². The molecule has 2 rings (SSSR count). The monoisotopic (exact) mass is 239 g/mol. The first kappa shape index (κ1) is 13.3. The highest BCUT2D eigenvalue weighted by molar-refractivity contribution is 4.85. The summed E-state index contributed by atoms with van der Waals surface area (Å²) in [7, 11) is 0. The van der Waals surface area contributed by atoms with Crippen LogP contribution in [0.15, 0.2) is 0 Å². The fourth-order valence-corrected chi connectivity index (χ4v) is 3.55. The van der Waals surface area contributed by atoms with Crippen LogP contribution in [0.4, 0.5) is 0 Å². The average molecular weight is 239 g/mol. The van der Waals surface area contributed by atoms with Gasteiger partial charge in [0.15, 0.2) is 0 Å². The third-order valence-corrected chi connectivity index (χ3v) is 4.26. The predicted octanol–water partition coefficient (Wildman–Crippen LogP) is 1.58. The average Bonchev–Trinajstić information content (AvgIpc) is 2.30. The maximum Gasteiger partial charge on any atom is 0.0200 e. The van der Waals surface area contributed by atoms with E-state index in [1.165, 1.54) is 51.6 Å². The second kappa shape index (κ2) is 6.72. The van der Waals surface area contributed by atoms with Gasteiger partial charge in [-0.25, -0.2) is 0 Å². The third kappa shape index (κ3) is 4.23. The van der Waals surface area contributed by atoms with Crippen LogP contribution in [0.1, 0.15) is 45.4 Å². The summed E-state index contributed by atoms with van der Waals surface area (Å²) in [6.07, 6.45) is 8.42. The Bertz CT molecular complexity index is 214. The zero-order chi connectivity index (χ0) is 12.1. The van der Waals surface area contributed by atoms with Crippen LogP contribution < -0.4 is 11.1 Å². The maximum atomic E-state index is 5.67. The molecule has 0 radical (unpaired) electrons. The van der Waals surface area contributed by atoms with Crippen LogP contribution in [0, 0.1) is 5.92 Å². The Morgan fingerprint density at radius 1 is 1.12 bits per heavy atom. The quantitative estimate of drug-likeness (QED) is 0.782. The van der Waals surface area contributed by atoms with Gasteiger partial charge >= 0.3 is 0 Å². The summed E-state index contributed by atoms with van der Waals surface area (Å²) in [6.45, 7) is 6.67. The molecule has 2 atom stereocenters. The predicted molar refractivity (Wildman–Crippen MR) is 73.1 cm³/mol. The molecule has 1 saturated heterocycles. The highest BCUT2D eigenvalue weighted by Crippen LogP contribution is 2.21. The van der Waals surface area contributed by atoms with Crippen LogP contribution in [-0.2, 0) is 0 Å². The molecule has 0 aromatic rings. The molecule has 0 spiro atoms. The fraction of sp³-hybridized carbons (Fsp3) is 1.00. The van der Waals surface area contributed by atoms with Gasteiger partial charge in [-0.2, -0.15) is 0 Å². The van der Waals surface area contributed by atoms with E-state index in [1.54, 1.807) is 0 Å². The lowest BCUT2D eigenvalue weighted by Crippen LogP contribution is -2.52. The number of rotatable bonds is 4. The number of piperidine rings is 1. The van der Waals surface area contributed by atoms with E-state index in [0.29, 0.717) is 6.04 Å². The van der Waals surface area contributed by atoms with Gasteiger partial charge in [0, 0.05) is 38.3 Å². The standard InChI is InChI=1S/C14H29N3/c1-12-9-14(11-17(10-12)8-7-15)16-13-5-3-2-4-6-13/h12-14,16H,2-11,15H2,1H3. The Balaban J connectivity index is 1.78. The minimum absolute atomic E-state index is 0.702. The molecule has 17 heavy (non-hydrogen) atoms. The molecule has 0 aromatic carbocycles. The molecule has 1 aliphatic heterocycles. The van der Waals surface area contributed by atoms with E-state index >= 15 is 0 Å². The SMILES string of the molecule is CC1CC(NC2CCCCC2)CN(CCN)C1. The van der Waals surface area contributed by atoms with Crippen molar-refractivity contribution in [3.63, 3.8) is 0 Å². The van der Waals surface area contributed by atoms with Crippen LogP contribution in [0.5, 0.6) is 0 Å². The lowest BCUT2D eigenvalue weighted by Gasteiger charge is -2.39. The van der Waals surface area contributed by atoms with Crippen LogP contribution in [0.25, 0.3) is 0 Å². The summed E-state index contributed by atoms with van der Waals surface area (Å²) in [4.78, 5) is 2.54. The van der Waals surface area contributed by atoms with E-state index < -0.39 is 0 Å². The van der Waals surface area contributed by atoms with Gasteiger partial charge in [0.05, 0.1) is 0 Å². The number of hydrogen-bond acceptors (Lipinski definition) is 3. The molecule has 0 bridgehead atoms. The topological polar surface area (TPSA) is 41.3 Å². The number of nitrogens with two attached hydrogens (primary N) is 1. The van der Waals surface area contributed by atoms with Crippen molar-refractivity contribution in [3.05, 3.63) is 0 Å². The first-order chi connectivity index (χ1) is 8.28. The first-order valence-corrected chi connectivity index (χ1v) is 7.46. The Labute approximate surface area is 106 Å². The molecule has 2 unspecified atom stereocenters. The Morgan fingerprint density at radius 2 is 1.88 bits per heavy atom. The molecule has 3 nitrogen and oxygen atoms in total. The molecule has 3 N–H and O–H groups in total. The Hall–Kier alpha value is -0.120. The molecular weight excluding hydrogens is 210 g/mol. The molecule has 2 aliphatic rings. The van der Waals surface area contributed by atoms with Gasteiger partial charge in [-0.3, -0.25) is 0 Å². The van der Waals surface area contributed by atoms with E-state index in [9.17, 15) is 0 Å². The van der Waals surface area contributed by atoms with Crippen molar-refractivity contribution in [1.82, 2.24) is 10.2 Å². The van der Waals surface area contributed by atoms with Gasteiger partial charge in [0.25, 0.3) is 0 Å². The molecule has 0 amide bonds. The van der Waals surface area contributed by atoms with Crippen molar-refractivity contribution in [1.29, 1.82) is 0 Å². The van der Waals surface area contributed by atoms with Gasteiger partial charge in [-0.05, 0) is 25.2 Å². The normalized spacial score (nSPS) is 32.8. The molecule has 1 aliphatic carbocycles. The summed E-state index contributed by atoms with van der Waals surface area (Å²) in [5.41, 5.74) is 5.67. The van der Waals surface area contributed by atoms with E-state index in [1.807, 2.05) is 0 Å². The van der Waals surface area contributed by atoms with Gasteiger partial charge < -0.3 is 16.0 Å². The zero-order valence-electron chi connectivity index (χ0n) is 11.3. The van der Waals surface area contributed by atoms with Crippen LogP contribution in [0.3, 0.4) is 0 Å². The lowest BCUT2D eigenvalue weighted by molar-refractivity contribution is 0.141. The zero-order valence-corrected chi connectivity index (χ0v) is 11.3. The minimum atomic E-state index is 0.702. The van der Waals surface area contributed by atoms with Crippen molar-refractivity contribution < 1.29 is 0 Å². The molecule has 1 heterocycles. The van der Waals surface area contributed by atoms with Gasteiger partial charge in [-0.1, -0.05) is 26.2 Å². The van der Waals surface area contributed by atoms with E-state index in [0.717, 1.165) is 25.0 Å². The minimum Gasteiger partial charge on any atom is -0.329 e. The highest BCUT2D eigenvalue weighted by Gasteiger charge is 2.26. The summed E-state index contributed by atoms with van der Waals surface area (Å²) >= 11 is 0. The summed E-state index contributed by atoms with van der Waals surface area (Å²) in [5, 5.41) is 3.89. The van der Waals surface area contributed by atoms with Crippen molar-refractivity contribution >= 4 is 0 Å². The molecule has 100 valence electrons.